The molecule has 1 amide bonds. The summed E-state index contributed by atoms with van der Waals surface area (Å²) < 4.78 is 0. The molecule has 1 saturated heterocycles. The van der Waals surface area contributed by atoms with Crippen molar-refractivity contribution in [2.75, 3.05) is 36.4 Å². The third-order valence-corrected chi connectivity index (χ3v) is 3.60. The molecule has 0 atom stereocenters. The van der Waals surface area contributed by atoms with E-state index < -0.39 is 0 Å². The molecule has 8 heteroatoms. The second-order valence-corrected chi connectivity index (χ2v) is 5.08. The molecule has 23 heavy (non-hydrogen) atoms. The minimum Gasteiger partial charge on any atom is -0.352 e. The number of piperazine rings is 1. The van der Waals surface area contributed by atoms with Crippen LogP contribution in [0.2, 0.25) is 0 Å². The van der Waals surface area contributed by atoms with E-state index in [4.69, 9.17) is 5.26 Å². The fourth-order valence-electron chi connectivity index (χ4n) is 2.31. The van der Waals surface area contributed by atoms with Crippen LogP contribution in [0.3, 0.4) is 0 Å². The van der Waals surface area contributed by atoms with Gasteiger partial charge in [0.25, 0.3) is 0 Å². The van der Waals surface area contributed by atoms with Crippen molar-refractivity contribution in [1.29, 1.82) is 5.26 Å². The van der Waals surface area contributed by atoms with Gasteiger partial charge in [0.15, 0.2) is 5.82 Å². The van der Waals surface area contributed by atoms with Gasteiger partial charge in [0.05, 0.1) is 17.8 Å². The second kappa shape index (κ2) is 6.70. The van der Waals surface area contributed by atoms with Crippen LogP contribution in [0.4, 0.5) is 17.5 Å². The zero-order valence-corrected chi connectivity index (χ0v) is 12.4. The third-order valence-electron chi connectivity index (χ3n) is 3.60. The van der Waals surface area contributed by atoms with Crippen LogP contribution in [0, 0.1) is 11.3 Å². The molecule has 1 aromatic carbocycles. The summed E-state index contributed by atoms with van der Waals surface area (Å²) in [5.41, 5.74) is 1.38. The minimum absolute atomic E-state index is 0.394. The highest BCUT2D eigenvalue weighted by atomic mass is 16.1. The van der Waals surface area contributed by atoms with E-state index in [-0.39, 0.29) is 0 Å². The Morgan fingerprint density at radius 2 is 1.91 bits per heavy atom. The molecule has 1 fully saturated rings. The maximum Gasteiger partial charge on any atom is 0.249 e. The molecular formula is C15H15N7O. The zero-order chi connectivity index (χ0) is 16.1. The first kappa shape index (κ1) is 14.7. The van der Waals surface area contributed by atoms with Crippen molar-refractivity contribution in [2.45, 2.75) is 0 Å². The predicted octanol–water partition coefficient (Wildman–Crippen LogP) is 0.765. The lowest BCUT2D eigenvalue weighted by Crippen LogP contribution is -2.46. The van der Waals surface area contributed by atoms with Gasteiger partial charge in [0.2, 0.25) is 12.4 Å². The molecule has 0 saturated carbocycles. The van der Waals surface area contributed by atoms with Crippen molar-refractivity contribution in [1.82, 2.24) is 20.1 Å². The molecule has 1 aromatic heterocycles. The van der Waals surface area contributed by atoms with Crippen LogP contribution in [-0.4, -0.2) is 52.7 Å². The van der Waals surface area contributed by atoms with Crippen LogP contribution >= 0.6 is 0 Å². The molecule has 116 valence electrons. The lowest BCUT2D eigenvalue weighted by atomic mass is 10.2. The first-order valence-electron chi connectivity index (χ1n) is 7.20. The van der Waals surface area contributed by atoms with Crippen molar-refractivity contribution < 1.29 is 4.79 Å². The van der Waals surface area contributed by atoms with Crippen molar-refractivity contribution >= 4 is 23.9 Å². The number of aromatic nitrogens is 3. The van der Waals surface area contributed by atoms with Gasteiger partial charge in [-0.3, -0.25) is 4.79 Å². The molecule has 0 radical (unpaired) electrons. The molecule has 1 aliphatic heterocycles. The van der Waals surface area contributed by atoms with Gasteiger partial charge in [-0.15, -0.1) is 5.10 Å². The number of amides is 1. The molecule has 0 bridgehead atoms. The van der Waals surface area contributed by atoms with Crippen LogP contribution in [0.5, 0.6) is 0 Å². The largest absolute Gasteiger partial charge is 0.352 e. The Balaban J connectivity index is 1.70. The average molecular weight is 309 g/mol. The van der Waals surface area contributed by atoms with E-state index in [9.17, 15) is 4.79 Å². The normalized spacial score (nSPS) is 14.2. The van der Waals surface area contributed by atoms with Gasteiger partial charge >= 0.3 is 0 Å². The Kier molecular flexibility index (Phi) is 4.29. The number of anilines is 3. The molecule has 3 rings (SSSR count). The van der Waals surface area contributed by atoms with Crippen LogP contribution in [0.25, 0.3) is 0 Å². The quantitative estimate of drug-likeness (QED) is 0.833. The van der Waals surface area contributed by atoms with Gasteiger partial charge in [-0.2, -0.15) is 15.3 Å². The number of rotatable bonds is 4. The maximum atomic E-state index is 10.7. The fourth-order valence-corrected chi connectivity index (χ4v) is 2.31. The molecular weight excluding hydrogens is 294 g/mol. The number of nitriles is 1. The summed E-state index contributed by atoms with van der Waals surface area (Å²) in [6.45, 7) is 2.78. The molecule has 1 aliphatic rings. The second-order valence-electron chi connectivity index (χ2n) is 5.08. The standard InChI is InChI=1S/C15H15N7O/c16-9-12-1-3-13(4-2-12)18-15-19-14(10-17-20-15)22-7-5-21(11-23)6-8-22/h1-4,10-11H,5-8H2,(H,18,19,20). The molecule has 2 heterocycles. The van der Waals surface area contributed by atoms with Crippen LogP contribution < -0.4 is 10.2 Å². The van der Waals surface area contributed by atoms with Crippen molar-refractivity contribution in [2.24, 2.45) is 0 Å². The number of benzene rings is 1. The summed E-state index contributed by atoms with van der Waals surface area (Å²) >= 11 is 0. The monoisotopic (exact) mass is 309 g/mol. The number of hydrogen-bond acceptors (Lipinski definition) is 7. The average Bonchev–Trinajstić information content (AvgIpc) is 2.63. The van der Waals surface area contributed by atoms with Gasteiger partial charge in [0, 0.05) is 31.9 Å². The van der Waals surface area contributed by atoms with Crippen LogP contribution in [-0.2, 0) is 4.79 Å². The molecule has 0 unspecified atom stereocenters. The highest BCUT2D eigenvalue weighted by Gasteiger charge is 2.17. The van der Waals surface area contributed by atoms with E-state index in [0.717, 1.165) is 17.9 Å². The Morgan fingerprint density at radius 1 is 1.17 bits per heavy atom. The number of carbonyl (C=O) groups is 1. The summed E-state index contributed by atoms with van der Waals surface area (Å²) in [6, 6.07) is 9.09. The highest BCUT2D eigenvalue weighted by Crippen LogP contribution is 2.17. The summed E-state index contributed by atoms with van der Waals surface area (Å²) in [4.78, 5) is 19.0. The number of hydrogen-bond donors (Lipinski definition) is 1. The van der Waals surface area contributed by atoms with E-state index in [1.54, 1.807) is 35.4 Å². The van der Waals surface area contributed by atoms with Crippen LogP contribution in [0.1, 0.15) is 5.56 Å². The molecule has 1 N–H and O–H groups in total. The molecule has 8 nitrogen and oxygen atoms in total. The number of carbonyl (C=O) groups excluding carboxylic acids is 1. The van der Waals surface area contributed by atoms with Gasteiger partial charge in [-0.25, -0.2) is 0 Å². The van der Waals surface area contributed by atoms with Crippen LogP contribution in [0.15, 0.2) is 30.5 Å². The lowest BCUT2D eigenvalue weighted by Gasteiger charge is -2.33. The van der Waals surface area contributed by atoms with Crippen molar-refractivity contribution in [3.05, 3.63) is 36.0 Å². The van der Waals surface area contributed by atoms with E-state index >= 15 is 0 Å². The Bertz CT molecular complexity index is 717. The van der Waals surface area contributed by atoms with Gasteiger partial charge in [-0.1, -0.05) is 0 Å². The fraction of sp³-hybridized carbons (Fsp3) is 0.267. The Morgan fingerprint density at radius 3 is 2.57 bits per heavy atom. The van der Waals surface area contributed by atoms with Crippen molar-refractivity contribution in [3.63, 3.8) is 0 Å². The Hall–Kier alpha value is -3.21. The Labute approximate surface area is 133 Å². The first-order chi connectivity index (χ1) is 11.3. The summed E-state index contributed by atoms with van der Waals surface area (Å²) in [6.07, 6.45) is 2.48. The molecule has 0 spiro atoms. The van der Waals surface area contributed by atoms with E-state index in [1.807, 2.05) is 0 Å². The first-order valence-corrected chi connectivity index (χ1v) is 7.20. The van der Waals surface area contributed by atoms with Gasteiger partial charge < -0.3 is 15.1 Å². The summed E-state index contributed by atoms with van der Waals surface area (Å²) in [5, 5.41) is 19.8. The SMILES string of the molecule is N#Cc1ccc(Nc2nncc(N3CCN(C=O)CC3)n2)cc1. The predicted molar refractivity (Wildman–Crippen MR) is 84.1 cm³/mol. The van der Waals surface area contributed by atoms with E-state index in [2.05, 4.69) is 31.5 Å². The lowest BCUT2D eigenvalue weighted by molar-refractivity contribution is -0.118. The van der Waals surface area contributed by atoms with Crippen molar-refractivity contribution in [3.8, 4) is 6.07 Å². The highest BCUT2D eigenvalue weighted by molar-refractivity contribution is 5.56. The topological polar surface area (TPSA) is 98.0 Å². The minimum atomic E-state index is 0.394. The summed E-state index contributed by atoms with van der Waals surface area (Å²) in [5.74, 6) is 1.12. The number of nitrogens with one attached hydrogen (secondary N) is 1. The zero-order valence-electron chi connectivity index (χ0n) is 12.4. The molecule has 0 aliphatic carbocycles. The smallest absolute Gasteiger partial charge is 0.249 e. The molecule has 2 aromatic rings. The van der Waals surface area contributed by atoms with Gasteiger partial charge in [-0.05, 0) is 24.3 Å². The number of nitrogens with zero attached hydrogens (tertiary/aromatic N) is 6. The maximum absolute atomic E-state index is 10.7. The van der Waals surface area contributed by atoms with Gasteiger partial charge in [0.1, 0.15) is 0 Å². The van der Waals surface area contributed by atoms with E-state index in [0.29, 0.717) is 37.7 Å². The van der Waals surface area contributed by atoms with E-state index in [1.165, 1.54) is 0 Å². The third kappa shape index (κ3) is 3.52. The summed E-state index contributed by atoms with van der Waals surface area (Å²) in [7, 11) is 0.